The molecule has 1 unspecified atom stereocenters. The normalized spacial score (nSPS) is 12.5. The van der Waals surface area contributed by atoms with Crippen LogP contribution in [0.3, 0.4) is 0 Å². The summed E-state index contributed by atoms with van der Waals surface area (Å²) in [5, 5.41) is 9.52. The molecule has 17 heavy (non-hydrogen) atoms. The average molecular weight is 229 g/mol. The Balaban J connectivity index is 2.49. The minimum Gasteiger partial charge on any atom is -0.389 e. The lowest BCUT2D eigenvalue weighted by Gasteiger charge is -2.09. The van der Waals surface area contributed by atoms with Crippen molar-refractivity contribution in [3.8, 4) is 11.5 Å². The van der Waals surface area contributed by atoms with Gasteiger partial charge in [-0.1, -0.05) is 6.07 Å². The Bertz CT molecular complexity index is 538. The molecular formula is C13H15N3O. The van der Waals surface area contributed by atoms with E-state index in [0.717, 1.165) is 22.5 Å². The van der Waals surface area contributed by atoms with Crippen molar-refractivity contribution >= 4 is 0 Å². The number of pyridine rings is 1. The zero-order valence-corrected chi connectivity index (χ0v) is 10.2. The Morgan fingerprint density at radius 2 is 2.00 bits per heavy atom. The summed E-state index contributed by atoms with van der Waals surface area (Å²) < 4.78 is 0. The van der Waals surface area contributed by atoms with Crippen molar-refractivity contribution in [2.45, 2.75) is 26.9 Å². The minimum atomic E-state index is -0.547. The molecule has 0 aromatic carbocycles. The summed E-state index contributed by atoms with van der Waals surface area (Å²) in [5.74, 6) is 0.602. The first kappa shape index (κ1) is 11.7. The SMILES string of the molecule is Cc1cccnc1-c1ncc(C(C)O)c(C)n1. The van der Waals surface area contributed by atoms with Crippen molar-refractivity contribution < 1.29 is 5.11 Å². The number of nitrogens with zero attached hydrogens (tertiary/aromatic N) is 3. The molecule has 1 N–H and O–H groups in total. The van der Waals surface area contributed by atoms with Gasteiger partial charge in [0.05, 0.1) is 6.10 Å². The third kappa shape index (κ3) is 2.31. The van der Waals surface area contributed by atoms with Gasteiger partial charge in [0.1, 0.15) is 5.69 Å². The first-order valence-electron chi connectivity index (χ1n) is 5.53. The molecule has 88 valence electrons. The number of aliphatic hydroxyl groups is 1. The monoisotopic (exact) mass is 229 g/mol. The predicted octanol–water partition coefficient (Wildman–Crippen LogP) is 2.21. The summed E-state index contributed by atoms with van der Waals surface area (Å²) in [4.78, 5) is 12.9. The smallest absolute Gasteiger partial charge is 0.178 e. The minimum absolute atomic E-state index is 0.547. The zero-order valence-electron chi connectivity index (χ0n) is 10.2. The maximum Gasteiger partial charge on any atom is 0.178 e. The molecule has 4 nitrogen and oxygen atoms in total. The number of rotatable bonds is 2. The van der Waals surface area contributed by atoms with Crippen LogP contribution in [-0.4, -0.2) is 20.1 Å². The van der Waals surface area contributed by atoms with E-state index in [1.165, 1.54) is 0 Å². The molecule has 0 aliphatic rings. The van der Waals surface area contributed by atoms with Gasteiger partial charge in [0, 0.05) is 23.7 Å². The van der Waals surface area contributed by atoms with E-state index in [2.05, 4.69) is 15.0 Å². The molecule has 2 heterocycles. The molecule has 4 heteroatoms. The quantitative estimate of drug-likeness (QED) is 0.857. The summed E-state index contributed by atoms with van der Waals surface area (Å²) in [6.07, 6.45) is 2.84. The molecule has 2 aromatic rings. The van der Waals surface area contributed by atoms with Crippen LogP contribution in [0.15, 0.2) is 24.5 Å². The van der Waals surface area contributed by atoms with Crippen LogP contribution in [0, 0.1) is 13.8 Å². The molecule has 2 aromatic heterocycles. The van der Waals surface area contributed by atoms with E-state index in [1.54, 1.807) is 19.3 Å². The summed E-state index contributed by atoms with van der Waals surface area (Å²) in [6.45, 7) is 5.55. The summed E-state index contributed by atoms with van der Waals surface area (Å²) in [6, 6.07) is 3.86. The van der Waals surface area contributed by atoms with Crippen LogP contribution < -0.4 is 0 Å². The third-order valence-electron chi connectivity index (χ3n) is 2.69. The van der Waals surface area contributed by atoms with Gasteiger partial charge >= 0.3 is 0 Å². The van der Waals surface area contributed by atoms with Gasteiger partial charge < -0.3 is 5.11 Å². The zero-order chi connectivity index (χ0) is 12.4. The van der Waals surface area contributed by atoms with Crippen molar-refractivity contribution in [2.75, 3.05) is 0 Å². The molecule has 0 saturated heterocycles. The van der Waals surface area contributed by atoms with E-state index in [1.807, 2.05) is 26.0 Å². The van der Waals surface area contributed by atoms with Gasteiger partial charge in [-0.3, -0.25) is 4.98 Å². The van der Waals surface area contributed by atoms with Gasteiger partial charge in [0.15, 0.2) is 5.82 Å². The van der Waals surface area contributed by atoms with Crippen molar-refractivity contribution in [3.05, 3.63) is 41.3 Å². The Hall–Kier alpha value is -1.81. The summed E-state index contributed by atoms with van der Waals surface area (Å²) in [7, 11) is 0. The van der Waals surface area contributed by atoms with E-state index in [0.29, 0.717) is 5.82 Å². The maximum atomic E-state index is 9.52. The van der Waals surface area contributed by atoms with E-state index in [4.69, 9.17) is 0 Å². The summed E-state index contributed by atoms with van der Waals surface area (Å²) in [5.41, 5.74) is 3.36. The van der Waals surface area contributed by atoms with Crippen LogP contribution >= 0.6 is 0 Å². The highest BCUT2D eigenvalue weighted by Crippen LogP contribution is 2.20. The number of aromatic nitrogens is 3. The first-order valence-corrected chi connectivity index (χ1v) is 5.53. The fourth-order valence-electron chi connectivity index (χ4n) is 1.72. The Kier molecular flexibility index (Phi) is 3.15. The molecular weight excluding hydrogens is 214 g/mol. The van der Waals surface area contributed by atoms with Crippen LogP contribution in [0.1, 0.15) is 29.8 Å². The molecule has 0 aliphatic carbocycles. The molecule has 0 saturated carbocycles. The Morgan fingerprint density at radius 1 is 1.24 bits per heavy atom. The van der Waals surface area contributed by atoms with Gasteiger partial charge in [-0.05, 0) is 32.4 Å². The van der Waals surface area contributed by atoms with Crippen LogP contribution in [-0.2, 0) is 0 Å². The molecule has 0 radical (unpaired) electrons. The second-order valence-electron chi connectivity index (χ2n) is 4.08. The number of hydrogen-bond donors (Lipinski definition) is 1. The summed E-state index contributed by atoms with van der Waals surface area (Å²) >= 11 is 0. The lowest BCUT2D eigenvalue weighted by molar-refractivity contribution is 0.197. The average Bonchev–Trinajstić information content (AvgIpc) is 2.29. The Morgan fingerprint density at radius 3 is 2.59 bits per heavy atom. The molecule has 0 bridgehead atoms. The molecule has 0 aliphatic heterocycles. The lowest BCUT2D eigenvalue weighted by atomic mass is 10.1. The lowest BCUT2D eigenvalue weighted by Crippen LogP contribution is -2.02. The number of aliphatic hydroxyl groups excluding tert-OH is 1. The van der Waals surface area contributed by atoms with Crippen molar-refractivity contribution in [1.82, 2.24) is 15.0 Å². The van der Waals surface area contributed by atoms with Gasteiger partial charge in [0.25, 0.3) is 0 Å². The van der Waals surface area contributed by atoms with Crippen LogP contribution in [0.5, 0.6) is 0 Å². The van der Waals surface area contributed by atoms with E-state index in [9.17, 15) is 5.11 Å². The number of hydrogen-bond acceptors (Lipinski definition) is 4. The van der Waals surface area contributed by atoms with Crippen molar-refractivity contribution in [3.63, 3.8) is 0 Å². The van der Waals surface area contributed by atoms with Crippen LogP contribution in [0.4, 0.5) is 0 Å². The predicted molar refractivity (Wildman–Crippen MR) is 65.4 cm³/mol. The number of aryl methyl sites for hydroxylation is 2. The fraction of sp³-hybridized carbons (Fsp3) is 0.308. The molecule has 2 rings (SSSR count). The van der Waals surface area contributed by atoms with Crippen LogP contribution in [0.2, 0.25) is 0 Å². The highest BCUT2D eigenvalue weighted by molar-refractivity contribution is 5.54. The highest BCUT2D eigenvalue weighted by atomic mass is 16.3. The third-order valence-corrected chi connectivity index (χ3v) is 2.69. The van der Waals surface area contributed by atoms with Gasteiger partial charge in [-0.2, -0.15) is 0 Å². The second kappa shape index (κ2) is 4.59. The van der Waals surface area contributed by atoms with Gasteiger partial charge in [-0.15, -0.1) is 0 Å². The van der Waals surface area contributed by atoms with Crippen molar-refractivity contribution in [1.29, 1.82) is 0 Å². The van der Waals surface area contributed by atoms with E-state index < -0.39 is 6.10 Å². The molecule has 0 spiro atoms. The van der Waals surface area contributed by atoms with Gasteiger partial charge in [0.2, 0.25) is 0 Å². The standard InChI is InChI=1S/C13H15N3O/c1-8-5-4-6-14-12(8)13-15-7-11(10(3)17)9(2)16-13/h4-7,10,17H,1-3H3. The van der Waals surface area contributed by atoms with Gasteiger partial charge in [-0.25, -0.2) is 9.97 Å². The maximum absolute atomic E-state index is 9.52. The van der Waals surface area contributed by atoms with E-state index >= 15 is 0 Å². The highest BCUT2D eigenvalue weighted by Gasteiger charge is 2.11. The van der Waals surface area contributed by atoms with Crippen molar-refractivity contribution in [2.24, 2.45) is 0 Å². The fourth-order valence-corrected chi connectivity index (χ4v) is 1.72. The van der Waals surface area contributed by atoms with E-state index in [-0.39, 0.29) is 0 Å². The molecule has 1 atom stereocenters. The second-order valence-corrected chi connectivity index (χ2v) is 4.08. The van der Waals surface area contributed by atoms with Crippen LogP contribution in [0.25, 0.3) is 11.5 Å². The Labute approximate surface area is 100 Å². The largest absolute Gasteiger partial charge is 0.389 e. The first-order chi connectivity index (χ1) is 8.09. The molecule has 0 fully saturated rings. The topological polar surface area (TPSA) is 58.9 Å². The molecule has 0 amide bonds.